The van der Waals surface area contributed by atoms with Crippen molar-refractivity contribution in [3.63, 3.8) is 0 Å². The van der Waals surface area contributed by atoms with E-state index in [-0.39, 0.29) is 23.1 Å². The van der Waals surface area contributed by atoms with E-state index >= 15 is 0 Å². The zero-order valence-corrected chi connectivity index (χ0v) is 18.7. The summed E-state index contributed by atoms with van der Waals surface area (Å²) in [5.41, 5.74) is 2.41. The molecule has 3 heterocycles. The number of nitrogens with zero attached hydrogens (tertiary/aromatic N) is 3. The van der Waals surface area contributed by atoms with E-state index in [2.05, 4.69) is 15.6 Å². The molecule has 2 aromatic heterocycles. The Morgan fingerprint density at radius 3 is 2.72 bits per heavy atom. The first-order valence-corrected chi connectivity index (χ1v) is 10.5. The lowest BCUT2D eigenvalue weighted by Crippen LogP contribution is -2.39. The van der Waals surface area contributed by atoms with Crippen LogP contribution in [0.25, 0.3) is 10.9 Å². The number of ether oxygens (including phenoxy) is 3. The maximum atomic E-state index is 13.6. The first-order valence-electron chi connectivity index (χ1n) is 10.5. The molecule has 0 aliphatic carbocycles. The smallest absolute Gasteiger partial charge is 0.338 e. The number of esters is 1. The fraction of sp³-hybridized carbons (Fsp3) is 0.375. The molecule has 1 amide bonds. The van der Waals surface area contributed by atoms with Crippen LogP contribution in [0.1, 0.15) is 40.3 Å². The van der Waals surface area contributed by atoms with Gasteiger partial charge in [0.15, 0.2) is 5.79 Å². The van der Waals surface area contributed by atoms with E-state index in [9.17, 15) is 9.59 Å². The van der Waals surface area contributed by atoms with Gasteiger partial charge in [-0.05, 0) is 37.4 Å². The van der Waals surface area contributed by atoms with Gasteiger partial charge >= 0.3 is 5.97 Å². The molecular weight excluding hydrogens is 410 g/mol. The van der Waals surface area contributed by atoms with Gasteiger partial charge in [-0.1, -0.05) is 18.2 Å². The molecule has 1 aliphatic rings. The number of para-hydroxylation sites is 1. The molecule has 1 aliphatic heterocycles. The third-order valence-electron chi connectivity index (χ3n) is 5.64. The highest BCUT2D eigenvalue weighted by molar-refractivity contribution is 6.05. The van der Waals surface area contributed by atoms with Gasteiger partial charge in [-0.3, -0.25) is 9.78 Å². The highest BCUT2D eigenvalue weighted by atomic mass is 16.7. The van der Waals surface area contributed by atoms with Crippen molar-refractivity contribution in [3.8, 4) is 0 Å². The maximum absolute atomic E-state index is 13.6. The number of pyridine rings is 1. The number of aryl methyl sites for hydroxylation is 1. The van der Waals surface area contributed by atoms with E-state index in [1.165, 1.54) is 25.6 Å². The minimum Gasteiger partial charge on any atom is -0.465 e. The third-order valence-corrected chi connectivity index (χ3v) is 5.64. The summed E-state index contributed by atoms with van der Waals surface area (Å²) in [6, 6.07) is 11.6. The Kier molecular flexibility index (Phi) is 5.99. The minimum atomic E-state index is -0.704. The van der Waals surface area contributed by atoms with Crippen LogP contribution in [0, 0.1) is 0 Å². The summed E-state index contributed by atoms with van der Waals surface area (Å²) in [6.45, 7) is 4.71. The Hall–Kier alpha value is -3.23. The number of benzene rings is 1. The molecule has 0 saturated carbocycles. The second kappa shape index (κ2) is 8.72. The summed E-state index contributed by atoms with van der Waals surface area (Å²) in [4.78, 5) is 31.6. The van der Waals surface area contributed by atoms with Crippen molar-refractivity contribution < 1.29 is 23.8 Å². The zero-order valence-electron chi connectivity index (χ0n) is 18.7. The quantitative estimate of drug-likeness (QED) is 0.551. The monoisotopic (exact) mass is 437 g/mol. The first-order chi connectivity index (χ1) is 15.3. The molecule has 4 rings (SSSR count). The number of methoxy groups -OCH3 is 1. The SMILES string of the molecule is COC(=O)c1ccncc1C(=O)N(Cc1cc2ccccc2n1C)CC1COC(C)(C)O1. The van der Waals surface area contributed by atoms with Crippen LogP contribution in [0.15, 0.2) is 48.8 Å². The van der Waals surface area contributed by atoms with Crippen LogP contribution in [0.2, 0.25) is 0 Å². The second-order valence-electron chi connectivity index (χ2n) is 8.30. The van der Waals surface area contributed by atoms with Crippen molar-refractivity contribution >= 4 is 22.8 Å². The number of hydrogen-bond acceptors (Lipinski definition) is 6. The van der Waals surface area contributed by atoms with Crippen LogP contribution in [0.4, 0.5) is 0 Å². The van der Waals surface area contributed by atoms with Gasteiger partial charge < -0.3 is 23.7 Å². The van der Waals surface area contributed by atoms with E-state index < -0.39 is 11.8 Å². The van der Waals surface area contributed by atoms with Gasteiger partial charge in [-0.2, -0.15) is 0 Å². The molecule has 0 radical (unpaired) electrons. The molecule has 8 nitrogen and oxygen atoms in total. The van der Waals surface area contributed by atoms with Gasteiger partial charge in [0.05, 0.1) is 37.9 Å². The van der Waals surface area contributed by atoms with Crippen molar-refractivity contribution in [3.05, 3.63) is 65.6 Å². The van der Waals surface area contributed by atoms with Crippen molar-refractivity contribution in [1.82, 2.24) is 14.5 Å². The largest absolute Gasteiger partial charge is 0.465 e. The van der Waals surface area contributed by atoms with E-state index in [0.29, 0.717) is 19.7 Å². The molecule has 0 N–H and O–H groups in total. The van der Waals surface area contributed by atoms with Gasteiger partial charge in [-0.15, -0.1) is 0 Å². The Labute approximate surface area is 186 Å². The molecule has 168 valence electrons. The molecule has 0 bridgehead atoms. The number of carbonyl (C=O) groups is 2. The average molecular weight is 437 g/mol. The predicted molar refractivity (Wildman–Crippen MR) is 118 cm³/mol. The number of amides is 1. The maximum Gasteiger partial charge on any atom is 0.338 e. The summed E-state index contributed by atoms with van der Waals surface area (Å²) < 4.78 is 18.6. The number of carbonyl (C=O) groups excluding carboxylic acids is 2. The summed E-state index contributed by atoms with van der Waals surface area (Å²) in [5.74, 6) is -1.61. The minimum absolute atomic E-state index is 0.179. The van der Waals surface area contributed by atoms with Crippen molar-refractivity contribution in [2.24, 2.45) is 7.05 Å². The fourth-order valence-electron chi connectivity index (χ4n) is 4.03. The molecule has 1 unspecified atom stereocenters. The van der Waals surface area contributed by atoms with E-state index in [1.807, 2.05) is 45.2 Å². The molecule has 1 atom stereocenters. The Balaban J connectivity index is 1.68. The third kappa shape index (κ3) is 4.37. The molecule has 1 saturated heterocycles. The molecule has 3 aromatic rings. The average Bonchev–Trinajstić information content (AvgIpc) is 3.30. The molecule has 32 heavy (non-hydrogen) atoms. The standard InChI is InChI=1S/C24H27N3O5/c1-24(2)31-15-18(32-24)14-27(13-17-11-16-7-5-6-8-21(16)26(17)3)22(28)20-12-25-10-9-19(20)23(29)30-4/h5-12,18H,13-15H2,1-4H3. The lowest BCUT2D eigenvalue weighted by molar-refractivity contribution is -0.139. The van der Waals surface area contributed by atoms with Crippen molar-refractivity contribution in [1.29, 1.82) is 0 Å². The van der Waals surface area contributed by atoms with Gasteiger partial charge in [0, 0.05) is 30.7 Å². The Morgan fingerprint density at radius 1 is 1.25 bits per heavy atom. The van der Waals surface area contributed by atoms with Gasteiger partial charge in [0.25, 0.3) is 5.91 Å². The number of aromatic nitrogens is 2. The summed E-state index contributed by atoms with van der Waals surface area (Å²) in [6.07, 6.45) is 2.58. The molecule has 8 heteroatoms. The van der Waals surface area contributed by atoms with Crippen LogP contribution < -0.4 is 0 Å². The summed E-state index contributed by atoms with van der Waals surface area (Å²) >= 11 is 0. The first kappa shape index (κ1) is 22.0. The highest BCUT2D eigenvalue weighted by Crippen LogP contribution is 2.25. The van der Waals surface area contributed by atoms with Crippen LogP contribution in [-0.4, -0.2) is 58.5 Å². The highest BCUT2D eigenvalue weighted by Gasteiger charge is 2.35. The van der Waals surface area contributed by atoms with Crippen molar-refractivity contribution in [2.45, 2.75) is 32.3 Å². The van der Waals surface area contributed by atoms with Gasteiger partial charge in [-0.25, -0.2) is 4.79 Å². The van der Waals surface area contributed by atoms with Crippen LogP contribution >= 0.6 is 0 Å². The predicted octanol–water partition coefficient (Wildman–Crippen LogP) is 3.15. The number of rotatable bonds is 6. The Morgan fingerprint density at radius 2 is 2.03 bits per heavy atom. The lowest BCUT2D eigenvalue weighted by Gasteiger charge is -2.27. The second-order valence-corrected chi connectivity index (χ2v) is 8.30. The molecule has 1 aromatic carbocycles. The van der Waals surface area contributed by atoms with Crippen LogP contribution in [0.3, 0.4) is 0 Å². The van der Waals surface area contributed by atoms with Crippen LogP contribution in [0.5, 0.6) is 0 Å². The van der Waals surface area contributed by atoms with Gasteiger partial charge in [0.1, 0.15) is 6.10 Å². The van der Waals surface area contributed by atoms with Crippen molar-refractivity contribution in [2.75, 3.05) is 20.3 Å². The molecule has 0 spiro atoms. The van der Waals surface area contributed by atoms with E-state index in [0.717, 1.165) is 16.6 Å². The number of hydrogen-bond donors (Lipinski definition) is 0. The Bertz CT molecular complexity index is 1150. The number of fused-ring (bicyclic) bond motifs is 1. The lowest BCUT2D eigenvalue weighted by atomic mass is 10.1. The zero-order chi connectivity index (χ0) is 22.9. The van der Waals surface area contributed by atoms with Crippen LogP contribution in [-0.2, 0) is 27.8 Å². The van der Waals surface area contributed by atoms with E-state index in [4.69, 9.17) is 14.2 Å². The topological polar surface area (TPSA) is 82.9 Å². The summed E-state index contributed by atoms with van der Waals surface area (Å²) in [5, 5.41) is 1.09. The normalized spacial score (nSPS) is 17.4. The van der Waals surface area contributed by atoms with E-state index in [1.54, 1.807) is 4.90 Å². The van der Waals surface area contributed by atoms with Gasteiger partial charge in [0.2, 0.25) is 0 Å². The fourth-order valence-corrected chi connectivity index (χ4v) is 4.03. The summed E-state index contributed by atoms with van der Waals surface area (Å²) in [7, 11) is 3.26. The molecule has 1 fully saturated rings. The molecular formula is C24H27N3O5.